The van der Waals surface area contributed by atoms with Gasteiger partial charge in [-0.3, -0.25) is 0 Å². The Hall–Kier alpha value is -0.190. The molecular weight excluding hydrogens is 552 g/mol. The molecule has 40 heavy (non-hydrogen) atoms. The SMILES string of the molecule is ClCCOCCOCCOCCOCCOCCOCCOCCOCCOCCOCCOC1CCCCO1. The third kappa shape index (κ3) is 29.3. The fourth-order valence-electron chi connectivity index (χ4n) is 3.22. The Balaban J connectivity index is 1.60. The molecule has 0 radical (unpaired) electrons. The molecular formula is C27H53ClO12. The van der Waals surface area contributed by atoms with E-state index in [1.807, 2.05) is 0 Å². The Morgan fingerprint density at radius 1 is 0.400 bits per heavy atom. The average Bonchev–Trinajstić information content (AvgIpc) is 2.98. The molecule has 1 unspecified atom stereocenters. The van der Waals surface area contributed by atoms with Crippen LogP contribution in [0.5, 0.6) is 0 Å². The van der Waals surface area contributed by atoms with Gasteiger partial charge in [-0.25, -0.2) is 0 Å². The monoisotopic (exact) mass is 604 g/mol. The predicted molar refractivity (Wildman–Crippen MR) is 148 cm³/mol. The van der Waals surface area contributed by atoms with E-state index in [1.54, 1.807) is 0 Å². The second-order valence-electron chi connectivity index (χ2n) is 8.48. The molecule has 0 spiro atoms. The van der Waals surface area contributed by atoms with E-state index in [1.165, 1.54) is 6.42 Å². The summed E-state index contributed by atoms with van der Waals surface area (Å²) in [5.74, 6) is 0.500. The summed E-state index contributed by atoms with van der Waals surface area (Å²) in [4.78, 5) is 0. The van der Waals surface area contributed by atoms with Crippen molar-refractivity contribution in [3.05, 3.63) is 0 Å². The van der Waals surface area contributed by atoms with Crippen molar-refractivity contribution in [3.63, 3.8) is 0 Å². The number of alkyl halides is 1. The Bertz CT molecular complexity index is 475. The highest BCUT2D eigenvalue weighted by Crippen LogP contribution is 2.13. The van der Waals surface area contributed by atoms with E-state index in [9.17, 15) is 0 Å². The number of ether oxygens (including phenoxy) is 12. The molecule has 1 aliphatic rings. The van der Waals surface area contributed by atoms with Crippen LogP contribution in [0.3, 0.4) is 0 Å². The Morgan fingerprint density at radius 3 is 0.975 bits per heavy atom. The van der Waals surface area contributed by atoms with Crippen LogP contribution in [-0.4, -0.2) is 158 Å². The summed E-state index contributed by atoms with van der Waals surface area (Å²) >= 11 is 5.51. The average molecular weight is 605 g/mol. The standard InChI is InChI=1S/C27H53ClO12/c28-4-6-29-7-8-30-9-10-31-11-12-32-13-14-33-15-16-34-17-18-35-19-20-36-21-22-37-23-24-38-25-26-40-27-3-1-2-5-39-27/h27H,1-26H2. The van der Waals surface area contributed by atoms with E-state index >= 15 is 0 Å². The molecule has 0 aromatic heterocycles. The molecule has 13 heteroatoms. The maximum absolute atomic E-state index is 5.60. The summed E-state index contributed by atoms with van der Waals surface area (Å²) in [6.07, 6.45) is 3.20. The van der Waals surface area contributed by atoms with Crippen LogP contribution < -0.4 is 0 Å². The van der Waals surface area contributed by atoms with Gasteiger partial charge in [0.15, 0.2) is 6.29 Å². The third-order valence-corrected chi connectivity index (χ3v) is 5.39. The Labute approximate surface area is 245 Å². The molecule has 240 valence electrons. The van der Waals surface area contributed by atoms with Crippen molar-refractivity contribution >= 4 is 11.6 Å². The number of hydrogen-bond donors (Lipinski definition) is 0. The fourth-order valence-corrected chi connectivity index (χ4v) is 3.33. The van der Waals surface area contributed by atoms with E-state index in [2.05, 4.69) is 0 Å². The number of hydrogen-bond acceptors (Lipinski definition) is 12. The topological polar surface area (TPSA) is 111 Å². The first-order valence-electron chi connectivity index (χ1n) is 14.5. The van der Waals surface area contributed by atoms with Gasteiger partial charge in [0, 0.05) is 12.5 Å². The first-order chi connectivity index (χ1) is 19.9. The number of halogens is 1. The Kier molecular flexibility index (Phi) is 31.5. The molecule has 0 N–H and O–H groups in total. The first-order valence-corrected chi connectivity index (χ1v) is 15.0. The normalized spacial score (nSPS) is 15.7. The lowest BCUT2D eigenvalue weighted by Crippen LogP contribution is -2.24. The van der Waals surface area contributed by atoms with E-state index in [0.717, 1.165) is 19.4 Å². The number of rotatable bonds is 33. The molecule has 1 heterocycles. The van der Waals surface area contributed by atoms with Gasteiger partial charge < -0.3 is 56.8 Å². The quantitative estimate of drug-likeness (QED) is 0.0806. The zero-order chi connectivity index (χ0) is 28.4. The van der Waals surface area contributed by atoms with Crippen molar-refractivity contribution in [1.29, 1.82) is 0 Å². The largest absolute Gasteiger partial charge is 0.378 e. The van der Waals surface area contributed by atoms with E-state index in [4.69, 9.17) is 68.4 Å². The Morgan fingerprint density at radius 2 is 0.700 bits per heavy atom. The zero-order valence-corrected chi connectivity index (χ0v) is 25.0. The summed E-state index contributed by atoms with van der Waals surface area (Å²) in [5, 5.41) is 0. The smallest absolute Gasteiger partial charge is 0.157 e. The van der Waals surface area contributed by atoms with Crippen LogP contribution in [0, 0.1) is 0 Å². The maximum Gasteiger partial charge on any atom is 0.157 e. The lowest BCUT2D eigenvalue weighted by Gasteiger charge is -2.22. The minimum Gasteiger partial charge on any atom is -0.378 e. The highest BCUT2D eigenvalue weighted by molar-refractivity contribution is 6.17. The van der Waals surface area contributed by atoms with Gasteiger partial charge in [0.05, 0.1) is 139 Å². The molecule has 0 bridgehead atoms. The molecule has 0 amide bonds. The summed E-state index contributed by atoms with van der Waals surface area (Å²) in [6, 6.07) is 0. The lowest BCUT2D eigenvalue weighted by atomic mass is 10.2. The second kappa shape index (κ2) is 33.3. The fraction of sp³-hybridized carbons (Fsp3) is 1.00. The molecule has 12 nitrogen and oxygen atoms in total. The summed E-state index contributed by atoms with van der Waals surface area (Å²) in [5.41, 5.74) is 0. The van der Waals surface area contributed by atoms with Crippen molar-refractivity contribution in [1.82, 2.24) is 0 Å². The molecule has 0 aromatic rings. The molecule has 1 rings (SSSR count). The van der Waals surface area contributed by atoms with Gasteiger partial charge >= 0.3 is 0 Å². The molecule has 0 saturated carbocycles. The highest BCUT2D eigenvalue weighted by Gasteiger charge is 2.13. The van der Waals surface area contributed by atoms with Crippen LogP contribution in [0.25, 0.3) is 0 Å². The minimum atomic E-state index is -0.0634. The summed E-state index contributed by atoms with van der Waals surface area (Å²) in [7, 11) is 0. The maximum atomic E-state index is 5.60. The van der Waals surface area contributed by atoms with Gasteiger partial charge in [0.2, 0.25) is 0 Å². The van der Waals surface area contributed by atoms with E-state index < -0.39 is 0 Å². The van der Waals surface area contributed by atoms with E-state index in [0.29, 0.717) is 145 Å². The third-order valence-electron chi connectivity index (χ3n) is 5.24. The lowest BCUT2D eigenvalue weighted by molar-refractivity contribution is -0.169. The summed E-state index contributed by atoms with van der Waals surface area (Å²) < 4.78 is 65.3. The highest BCUT2D eigenvalue weighted by atomic mass is 35.5. The van der Waals surface area contributed by atoms with Gasteiger partial charge in [-0.1, -0.05) is 0 Å². The van der Waals surface area contributed by atoms with Gasteiger partial charge in [-0.05, 0) is 19.3 Å². The van der Waals surface area contributed by atoms with Crippen molar-refractivity contribution in [2.24, 2.45) is 0 Å². The van der Waals surface area contributed by atoms with Crippen LogP contribution in [0.15, 0.2) is 0 Å². The molecule has 0 aliphatic carbocycles. The molecule has 0 aromatic carbocycles. The van der Waals surface area contributed by atoms with Crippen molar-refractivity contribution in [2.75, 3.05) is 151 Å². The second-order valence-corrected chi connectivity index (χ2v) is 8.86. The van der Waals surface area contributed by atoms with E-state index in [-0.39, 0.29) is 6.29 Å². The van der Waals surface area contributed by atoms with Gasteiger partial charge in [0.1, 0.15) is 0 Å². The van der Waals surface area contributed by atoms with Crippen LogP contribution in [0.2, 0.25) is 0 Å². The first kappa shape index (κ1) is 37.8. The van der Waals surface area contributed by atoms with Crippen LogP contribution >= 0.6 is 11.6 Å². The van der Waals surface area contributed by atoms with Crippen LogP contribution in [0.4, 0.5) is 0 Å². The summed E-state index contributed by atoms with van der Waals surface area (Å²) in [6.45, 7) is 11.9. The van der Waals surface area contributed by atoms with Crippen LogP contribution in [-0.2, 0) is 56.8 Å². The predicted octanol–water partition coefficient (Wildman–Crippen LogP) is 1.93. The van der Waals surface area contributed by atoms with Crippen molar-refractivity contribution in [2.45, 2.75) is 25.6 Å². The molecule has 1 fully saturated rings. The van der Waals surface area contributed by atoms with Gasteiger partial charge in [-0.15, -0.1) is 11.6 Å². The zero-order valence-electron chi connectivity index (χ0n) is 24.2. The molecule has 1 aliphatic heterocycles. The van der Waals surface area contributed by atoms with Crippen molar-refractivity contribution < 1.29 is 56.8 Å². The van der Waals surface area contributed by atoms with Crippen LogP contribution in [0.1, 0.15) is 19.3 Å². The molecule has 1 atom stereocenters. The molecule has 1 saturated heterocycles. The van der Waals surface area contributed by atoms with Gasteiger partial charge in [0.25, 0.3) is 0 Å². The van der Waals surface area contributed by atoms with Gasteiger partial charge in [-0.2, -0.15) is 0 Å². The van der Waals surface area contributed by atoms with Crippen molar-refractivity contribution in [3.8, 4) is 0 Å². The minimum absolute atomic E-state index is 0.0634.